The Morgan fingerprint density at radius 1 is 1.00 bits per heavy atom. The van der Waals surface area contributed by atoms with Gasteiger partial charge in [-0.1, -0.05) is 10.4 Å². The zero-order chi connectivity index (χ0) is 9.23. The monoisotopic (exact) mass is 195 g/mol. The van der Waals surface area contributed by atoms with Gasteiger partial charge in [-0.25, -0.2) is 0 Å². The molecule has 8 heteroatoms. The van der Waals surface area contributed by atoms with Gasteiger partial charge in [0.15, 0.2) is 0 Å². The molecule has 0 atom stereocenters. The maximum absolute atomic E-state index is 10.6. The van der Waals surface area contributed by atoms with E-state index in [0.717, 1.165) is 0 Å². The number of rotatable bonds is 8. The van der Waals surface area contributed by atoms with Gasteiger partial charge in [0.2, 0.25) is 0 Å². The van der Waals surface area contributed by atoms with E-state index in [0.29, 0.717) is 0 Å². The quantitative estimate of drug-likeness (QED) is 0.329. The van der Waals surface area contributed by atoms with Crippen LogP contribution in [0.3, 0.4) is 0 Å². The van der Waals surface area contributed by atoms with Crippen molar-refractivity contribution < 1.29 is 13.6 Å². The molecule has 0 heterocycles. The minimum atomic E-state index is -2.25. The van der Waals surface area contributed by atoms with Gasteiger partial charge in [0, 0.05) is 4.57 Å². The lowest BCUT2D eigenvalue weighted by Crippen LogP contribution is -1.95. The molecule has 0 spiro atoms. The van der Waals surface area contributed by atoms with Crippen molar-refractivity contribution in [3.05, 3.63) is 9.81 Å². The van der Waals surface area contributed by atoms with Gasteiger partial charge in [0.1, 0.15) is 26.3 Å². The second kappa shape index (κ2) is 8.32. The van der Waals surface area contributed by atoms with Crippen LogP contribution in [-0.4, -0.2) is 26.3 Å². The summed E-state index contributed by atoms with van der Waals surface area (Å²) in [5.74, 6) is 0. The summed E-state index contributed by atoms with van der Waals surface area (Å²) in [5.41, 5.74) is 0. The fraction of sp³-hybridized carbons (Fsp3) is 1.00. The molecule has 0 bridgehead atoms. The largest absolute Gasteiger partial charge is 0.697 e. The van der Waals surface area contributed by atoms with Crippen LogP contribution in [-0.2, 0) is 13.6 Å². The summed E-state index contributed by atoms with van der Waals surface area (Å²) < 4.78 is 19.6. The van der Waals surface area contributed by atoms with Gasteiger partial charge in [0.25, 0.3) is 0 Å². The van der Waals surface area contributed by atoms with Crippen molar-refractivity contribution in [3.63, 3.8) is 0 Å². The lowest BCUT2D eigenvalue weighted by molar-refractivity contribution is 0.235. The van der Waals surface area contributed by atoms with E-state index in [2.05, 4.69) is 19.4 Å². The van der Waals surface area contributed by atoms with E-state index in [-0.39, 0.29) is 26.3 Å². The molecule has 0 saturated heterocycles. The molecule has 0 aliphatic rings. The molecule has 68 valence electrons. The van der Waals surface area contributed by atoms with Gasteiger partial charge in [-0.05, 0) is 0 Å². The number of hydrogen-bond acceptors (Lipinski definition) is 7. The summed E-state index contributed by atoms with van der Waals surface area (Å²) >= 11 is 0. The van der Waals surface area contributed by atoms with Crippen molar-refractivity contribution in [2.75, 3.05) is 26.3 Å². The highest BCUT2D eigenvalue weighted by Gasteiger charge is 2.19. The third kappa shape index (κ3) is 7.33. The van der Waals surface area contributed by atoms with E-state index in [1.165, 1.54) is 0 Å². The molecule has 0 aromatic carbocycles. The van der Waals surface area contributed by atoms with Crippen LogP contribution in [0, 0.1) is 9.81 Å². The fourth-order valence-corrected chi connectivity index (χ4v) is 0.879. The van der Waals surface area contributed by atoms with Crippen LogP contribution in [0.5, 0.6) is 0 Å². The molecule has 0 rings (SSSR count). The first kappa shape index (κ1) is 11.2. The van der Waals surface area contributed by atoms with Crippen molar-refractivity contribution in [2.45, 2.75) is 0 Å². The molecule has 0 aromatic rings. The first-order valence-electron chi connectivity index (χ1n) is 3.12. The zero-order valence-electron chi connectivity index (χ0n) is 6.21. The van der Waals surface area contributed by atoms with Crippen LogP contribution in [0.25, 0.3) is 0 Å². The molecule has 0 aliphatic carbocycles. The van der Waals surface area contributed by atoms with Gasteiger partial charge >= 0.3 is 8.25 Å². The third-order valence-electron chi connectivity index (χ3n) is 0.759. The fourth-order valence-electron chi connectivity index (χ4n) is 0.343. The van der Waals surface area contributed by atoms with Crippen molar-refractivity contribution >= 4 is 8.25 Å². The highest BCUT2D eigenvalue weighted by atomic mass is 31.1. The Labute approximate surface area is 69.3 Å². The maximum atomic E-state index is 10.6. The van der Waals surface area contributed by atoms with E-state index in [9.17, 15) is 14.4 Å². The van der Waals surface area contributed by atoms with Crippen LogP contribution in [0.4, 0.5) is 0 Å². The summed E-state index contributed by atoms with van der Waals surface area (Å²) in [6, 6.07) is 0. The van der Waals surface area contributed by atoms with Gasteiger partial charge in [-0.15, -0.1) is 9.05 Å². The van der Waals surface area contributed by atoms with Crippen LogP contribution in [0.1, 0.15) is 0 Å². The van der Waals surface area contributed by atoms with E-state index in [4.69, 9.17) is 0 Å². The van der Waals surface area contributed by atoms with E-state index < -0.39 is 8.25 Å². The second-order valence-corrected chi connectivity index (χ2v) is 2.56. The Kier molecular flexibility index (Phi) is 7.78. The topological polar surface area (TPSA) is 94.4 Å². The first-order valence-corrected chi connectivity index (χ1v) is 4.22. The van der Waals surface area contributed by atoms with Gasteiger partial charge in [-0.3, -0.25) is 0 Å². The Morgan fingerprint density at radius 3 is 1.75 bits per heavy atom. The molecule has 0 fully saturated rings. The molecule has 0 saturated carbocycles. The Hall–Kier alpha value is -0.780. The highest BCUT2D eigenvalue weighted by Crippen LogP contribution is 2.22. The average Bonchev–Trinajstić information content (AvgIpc) is 2.06. The van der Waals surface area contributed by atoms with E-state index in [1.807, 2.05) is 0 Å². The molecule has 0 amide bonds. The molecule has 0 aliphatic heterocycles. The normalized spacial score (nSPS) is 9.33. The summed E-state index contributed by atoms with van der Waals surface area (Å²) in [4.78, 5) is 19.0. The Balaban J connectivity index is 3.21. The van der Waals surface area contributed by atoms with Crippen molar-refractivity contribution in [3.8, 4) is 0 Å². The van der Waals surface area contributed by atoms with Gasteiger partial charge < -0.3 is 0 Å². The molecular weight excluding hydrogens is 187 g/mol. The maximum Gasteiger partial charge on any atom is 0.697 e. The third-order valence-corrected chi connectivity index (χ3v) is 1.55. The SMILES string of the molecule is O=NCCO[P+](=O)OCCN=O. The lowest BCUT2D eigenvalue weighted by atomic mass is 10.8. The number of hydrogen-bond donors (Lipinski definition) is 0. The minimum Gasteiger partial charge on any atom is -0.151 e. The van der Waals surface area contributed by atoms with Crippen molar-refractivity contribution in [2.24, 2.45) is 10.4 Å². The predicted octanol–water partition coefficient (Wildman–Crippen LogP) is 1.21. The lowest BCUT2D eigenvalue weighted by Gasteiger charge is -1.84. The number of nitrogens with zero attached hydrogens (tertiary/aromatic N) is 2. The van der Waals surface area contributed by atoms with Crippen LogP contribution in [0.2, 0.25) is 0 Å². The number of nitroso groups, excluding NO2 is 2. The standard InChI is InChI=1S/C4H8N2O5P/c7-5-1-3-10-12(9)11-4-2-6-8/h1-4H2/q+1. The Bertz CT molecular complexity index is 148. The molecule has 0 aromatic heterocycles. The van der Waals surface area contributed by atoms with Crippen molar-refractivity contribution in [1.29, 1.82) is 0 Å². The average molecular weight is 195 g/mol. The van der Waals surface area contributed by atoms with Crippen molar-refractivity contribution in [1.82, 2.24) is 0 Å². The van der Waals surface area contributed by atoms with Crippen LogP contribution in [0.15, 0.2) is 10.4 Å². The van der Waals surface area contributed by atoms with Crippen LogP contribution >= 0.6 is 8.25 Å². The highest BCUT2D eigenvalue weighted by molar-refractivity contribution is 7.33. The summed E-state index contributed by atoms with van der Waals surface area (Å²) in [7, 11) is -2.25. The minimum absolute atomic E-state index is 0.0484. The van der Waals surface area contributed by atoms with Gasteiger partial charge in [-0.2, -0.15) is 9.81 Å². The van der Waals surface area contributed by atoms with E-state index in [1.54, 1.807) is 0 Å². The van der Waals surface area contributed by atoms with Crippen LogP contribution < -0.4 is 0 Å². The summed E-state index contributed by atoms with van der Waals surface area (Å²) in [5, 5.41) is 4.95. The zero-order valence-corrected chi connectivity index (χ0v) is 7.11. The molecule has 0 N–H and O–H groups in total. The predicted molar refractivity (Wildman–Crippen MR) is 40.8 cm³/mol. The van der Waals surface area contributed by atoms with E-state index >= 15 is 0 Å². The van der Waals surface area contributed by atoms with Gasteiger partial charge in [0.05, 0.1) is 0 Å². The second-order valence-electron chi connectivity index (χ2n) is 1.60. The molecule has 12 heavy (non-hydrogen) atoms. The summed E-state index contributed by atoms with van der Waals surface area (Å²) in [6.07, 6.45) is 0. The molecular formula is C4H8N2O5P+. The molecule has 0 unspecified atom stereocenters. The summed E-state index contributed by atoms with van der Waals surface area (Å²) in [6.45, 7) is -0.243. The first-order chi connectivity index (χ1) is 5.81. The molecule has 7 nitrogen and oxygen atoms in total. The molecule has 0 radical (unpaired) electrons. The smallest absolute Gasteiger partial charge is 0.151 e. The Morgan fingerprint density at radius 2 is 1.42 bits per heavy atom.